The van der Waals surface area contributed by atoms with E-state index in [4.69, 9.17) is 4.42 Å². The van der Waals surface area contributed by atoms with Gasteiger partial charge in [-0.2, -0.15) is 0 Å². The molecule has 214 valence electrons. The molecular formula is C42H35NO. The Bertz CT molecular complexity index is 2200. The third-order valence-corrected chi connectivity index (χ3v) is 9.85. The summed E-state index contributed by atoms with van der Waals surface area (Å²) >= 11 is 0. The van der Waals surface area contributed by atoms with Gasteiger partial charge in [-0.05, 0) is 92.5 Å². The highest BCUT2D eigenvalue weighted by atomic mass is 16.3. The predicted molar refractivity (Wildman–Crippen MR) is 186 cm³/mol. The van der Waals surface area contributed by atoms with Gasteiger partial charge in [0.1, 0.15) is 11.2 Å². The smallest absolute Gasteiger partial charge is 0.136 e. The minimum absolute atomic E-state index is 0.116. The van der Waals surface area contributed by atoms with Gasteiger partial charge in [0.15, 0.2) is 0 Å². The zero-order valence-electron chi connectivity index (χ0n) is 25.7. The number of rotatable bonds is 5. The molecule has 44 heavy (non-hydrogen) atoms. The van der Waals surface area contributed by atoms with Gasteiger partial charge in [0.05, 0.1) is 0 Å². The van der Waals surface area contributed by atoms with Gasteiger partial charge in [-0.3, -0.25) is 0 Å². The molecule has 2 aliphatic rings. The Kier molecular flexibility index (Phi) is 5.71. The zero-order valence-corrected chi connectivity index (χ0v) is 25.7. The normalized spacial score (nSPS) is 15.8. The van der Waals surface area contributed by atoms with Crippen molar-refractivity contribution in [3.8, 4) is 22.3 Å². The average Bonchev–Trinajstić information content (AvgIpc) is 3.60. The Morgan fingerprint density at radius 3 is 2.18 bits per heavy atom. The molecule has 0 radical (unpaired) electrons. The number of nitrogens with one attached hydrogen (secondary N) is 1. The number of fused-ring (bicyclic) bond motifs is 10. The van der Waals surface area contributed by atoms with Crippen molar-refractivity contribution in [3.05, 3.63) is 156 Å². The van der Waals surface area contributed by atoms with E-state index in [1.807, 2.05) is 18.2 Å². The van der Waals surface area contributed by atoms with Crippen LogP contribution in [0.3, 0.4) is 0 Å². The Morgan fingerprint density at radius 2 is 1.36 bits per heavy atom. The lowest BCUT2D eigenvalue weighted by atomic mass is 9.79. The maximum atomic E-state index is 6.33. The topological polar surface area (TPSA) is 25.2 Å². The SMILES string of the molecule is C=C/C=C\C=C(\Nc1ccc2c(c1)C(C)(C)c1cc3c(cc1-2)C(C)(C)c1ccc2oc4ccccc4c2c1-3)c1ccccc1. The van der Waals surface area contributed by atoms with Crippen LogP contribution in [0.1, 0.15) is 55.5 Å². The molecule has 0 aliphatic heterocycles. The molecule has 0 unspecified atom stereocenters. The number of anilines is 1. The van der Waals surface area contributed by atoms with Crippen molar-refractivity contribution in [2.75, 3.05) is 5.32 Å². The lowest BCUT2D eigenvalue weighted by Gasteiger charge is -2.24. The number of benzene rings is 5. The van der Waals surface area contributed by atoms with Crippen molar-refractivity contribution in [1.82, 2.24) is 0 Å². The highest BCUT2D eigenvalue weighted by Gasteiger charge is 2.42. The summed E-state index contributed by atoms with van der Waals surface area (Å²) in [6, 6.07) is 35.2. The van der Waals surface area contributed by atoms with Crippen molar-refractivity contribution in [2.24, 2.45) is 0 Å². The van der Waals surface area contributed by atoms with Crippen molar-refractivity contribution < 1.29 is 4.42 Å². The molecule has 1 N–H and O–H groups in total. The minimum Gasteiger partial charge on any atom is -0.456 e. The highest BCUT2D eigenvalue weighted by molar-refractivity contribution is 6.15. The highest BCUT2D eigenvalue weighted by Crippen LogP contribution is 2.58. The summed E-state index contributed by atoms with van der Waals surface area (Å²) in [6.07, 6.45) is 7.88. The third-order valence-electron chi connectivity index (χ3n) is 9.85. The second-order valence-corrected chi connectivity index (χ2v) is 13.1. The Labute approximate surface area is 259 Å². The molecule has 0 saturated carbocycles. The van der Waals surface area contributed by atoms with Crippen LogP contribution in [0.4, 0.5) is 5.69 Å². The fourth-order valence-electron chi connectivity index (χ4n) is 7.56. The molecule has 0 atom stereocenters. The number of para-hydroxylation sites is 1. The summed E-state index contributed by atoms with van der Waals surface area (Å²) in [4.78, 5) is 0. The van der Waals surface area contributed by atoms with E-state index in [1.165, 1.54) is 55.3 Å². The van der Waals surface area contributed by atoms with Crippen LogP contribution in [0, 0.1) is 0 Å². The Balaban J connectivity index is 1.27. The maximum Gasteiger partial charge on any atom is 0.136 e. The molecule has 5 aromatic carbocycles. The maximum absolute atomic E-state index is 6.33. The van der Waals surface area contributed by atoms with E-state index in [-0.39, 0.29) is 10.8 Å². The summed E-state index contributed by atoms with van der Waals surface area (Å²) in [7, 11) is 0. The molecule has 0 amide bonds. The molecule has 0 bridgehead atoms. The molecule has 2 aliphatic carbocycles. The molecule has 8 rings (SSSR count). The predicted octanol–water partition coefficient (Wildman–Crippen LogP) is 11.4. The molecule has 0 spiro atoms. The second kappa shape index (κ2) is 9.46. The van der Waals surface area contributed by atoms with Crippen molar-refractivity contribution in [2.45, 2.75) is 38.5 Å². The molecule has 2 nitrogen and oxygen atoms in total. The van der Waals surface area contributed by atoms with Crippen LogP contribution in [0.25, 0.3) is 49.9 Å². The number of furan rings is 1. The average molecular weight is 570 g/mol. The molecule has 6 aromatic rings. The van der Waals surface area contributed by atoms with Crippen LogP contribution in [0.2, 0.25) is 0 Å². The summed E-state index contributed by atoms with van der Waals surface area (Å²) < 4.78 is 6.33. The van der Waals surface area contributed by atoms with E-state index >= 15 is 0 Å². The summed E-state index contributed by atoms with van der Waals surface area (Å²) in [6.45, 7) is 13.3. The van der Waals surface area contributed by atoms with Crippen LogP contribution in [0.15, 0.2) is 132 Å². The number of hydrogen-bond donors (Lipinski definition) is 1. The van der Waals surface area contributed by atoms with E-state index in [2.05, 4.69) is 137 Å². The van der Waals surface area contributed by atoms with E-state index in [1.54, 1.807) is 6.08 Å². The zero-order chi connectivity index (χ0) is 30.2. The quantitative estimate of drug-likeness (QED) is 0.209. The van der Waals surface area contributed by atoms with Crippen LogP contribution < -0.4 is 5.32 Å². The van der Waals surface area contributed by atoms with Crippen LogP contribution >= 0.6 is 0 Å². The molecule has 1 aromatic heterocycles. The van der Waals surface area contributed by atoms with Gasteiger partial charge in [-0.1, -0.05) is 113 Å². The van der Waals surface area contributed by atoms with Crippen molar-refractivity contribution in [3.63, 3.8) is 0 Å². The van der Waals surface area contributed by atoms with Crippen molar-refractivity contribution >= 4 is 33.3 Å². The molecule has 0 fully saturated rings. The lowest BCUT2D eigenvalue weighted by molar-refractivity contribution is 0.651. The first kappa shape index (κ1) is 26.5. The summed E-state index contributed by atoms with van der Waals surface area (Å²) in [5, 5.41) is 6.14. The number of allylic oxidation sites excluding steroid dienone is 4. The van der Waals surface area contributed by atoms with Crippen LogP contribution in [0.5, 0.6) is 0 Å². The van der Waals surface area contributed by atoms with Gasteiger partial charge in [0.2, 0.25) is 0 Å². The van der Waals surface area contributed by atoms with Gasteiger partial charge in [0, 0.05) is 33.0 Å². The molecule has 1 heterocycles. The molecule has 2 heteroatoms. The second-order valence-electron chi connectivity index (χ2n) is 13.1. The Hall–Kier alpha value is -5.08. The third kappa shape index (κ3) is 3.74. The molecule has 0 saturated heterocycles. The van der Waals surface area contributed by atoms with Gasteiger partial charge < -0.3 is 9.73 Å². The van der Waals surface area contributed by atoms with Gasteiger partial charge >= 0.3 is 0 Å². The summed E-state index contributed by atoms with van der Waals surface area (Å²) in [5.74, 6) is 0. The minimum atomic E-state index is -0.157. The van der Waals surface area contributed by atoms with Gasteiger partial charge in [0.25, 0.3) is 0 Å². The lowest BCUT2D eigenvalue weighted by Crippen LogP contribution is -2.17. The van der Waals surface area contributed by atoms with Crippen molar-refractivity contribution in [1.29, 1.82) is 0 Å². The Morgan fingerprint density at radius 1 is 0.659 bits per heavy atom. The first-order valence-electron chi connectivity index (χ1n) is 15.4. The van der Waals surface area contributed by atoms with E-state index < -0.39 is 0 Å². The van der Waals surface area contributed by atoms with E-state index in [9.17, 15) is 0 Å². The van der Waals surface area contributed by atoms with E-state index in [0.717, 1.165) is 28.1 Å². The van der Waals surface area contributed by atoms with E-state index in [0.29, 0.717) is 0 Å². The van der Waals surface area contributed by atoms with Gasteiger partial charge in [-0.25, -0.2) is 0 Å². The standard InChI is InChI=1S/C42H35NO/c1-6-7-9-17-36(26-14-10-8-11-15-26)43-27-19-20-28-30-24-35-31(25-34(30)42(4,5)33(28)23-27)39-32(41(35,2)3)21-22-38-40(39)29-16-12-13-18-37(29)44-38/h6-25,43H,1H2,2-5H3/b9-7-,36-17+. The fourth-order valence-corrected chi connectivity index (χ4v) is 7.56. The summed E-state index contributed by atoms with van der Waals surface area (Å²) in [5.41, 5.74) is 15.7. The largest absolute Gasteiger partial charge is 0.456 e. The number of hydrogen-bond acceptors (Lipinski definition) is 2. The monoisotopic (exact) mass is 569 g/mol. The van der Waals surface area contributed by atoms with Gasteiger partial charge in [-0.15, -0.1) is 0 Å². The van der Waals surface area contributed by atoms with Crippen LogP contribution in [-0.2, 0) is 10.8 Å². The fraction of sp³-hybridized carbons (Fsp3) is 0.143. The molecular weight excluding hydrogens is 534 g/mol. The van der Waals surface area contributed by atoms with Crippen LogP contribution in [-0.4, -0.2) is 0 Å². The first-order valence-corrected chi connectivity index (χ1v) is 15.4. The first-order chi connectivity index (χ1) is 21.3.